The second kappa shape index (κ2) is 7.43. The molecular formula is C15H25N3O2. The number of ether oxygens (including phenoxy) is 1. The van der Waals surface area contributed by atoms with Crippen molar-refractivity contribution in [3.63, 3.8) is 0 Å². The van der Waals surface area contributed by atoms with Crippen LogP contribution in [0.4, 0.5) is 0 Å². The lowest BCUT2D eigenvalue weighted by Crippen LogP contribution is -2.47. The van der Waals surface area contributed by atoms with E-state index in [4.69, 9.17) is 4.74 Å². The van der Waals surface area contributed by atoms with E-state index < -0.39 is 0 Å². The molecule has 5 heteroatoms. The van der Waals surface area contributed by atoms with Gasteiger partial charge in [0, 0.05) is 19.3 Å². The molecule has 1 atom stereocenters. The highest BCUT2D eigenvalue weighted by molar-refractivity contribution is 5.77. The molecule has 1 aliphatic heterocycles. The van der Waals surface area contributed by atoms with Gasteiger partial charge in [0.05, 0.1) is 18.8 Å². The van der Waals surface area contributed by atoms with Gasteiger partial charge in [-0.1, -0.05) is 6.92 Å². The number of carbonyl (C=O) groups excluding carboxylic acids is 1. The van der Waals surface area contributed by atoms with E-state index in [2.05, 4.69) is 5.10 Å². The van der Waals surface area contributed by atoms with Gasteiger partial charge in [-0.2, -0.15) is 5.10 Å². The Kier molecular flexibility index (Phi) is 5.59. The van der Waals surface area contributed by atoms with Gasteiger partial charge in [0.25, 0.3) is 0 Å². The van der Waals surface area contributed by atoms with Gasteiger partial charge in [-0.15, -0.1) is 0 Å². The van der Waals surface area contributed by atoms with Gasteiger partial charge in [-0.3, -0.25) is 9.48 Å². The fraction of sp³-hybridized carbons (Fsp3) is 0.733. The van der Waals surface area contributed by atoms with Gasteiger partial charge >= 0.3 is 0 Å². The van der Waals surface area contributed by atoms with Crippen molar-refractivity contribution in [3.05, 3.63) is 18.0 Å². The summed E-state index contributed by atoms with van der Waals surface area (Å²) < 4.78 is 7.33. The van der Waals surface area contributed by atoms with Crippen molar-refractivity contribution in [3.8, 4) is 0 Å². The van der Waals surface area contributed by atoms with E-state index in [0.717, 1.165) is 37.9 Å². The van der Waals surface area contributed by atoms with Crippen LogP contribution in [0.2, 0.25) is 0 Å². The summed E-state index contributed by atoms with van der Waals surface area (Å²) in [5, 5.41) is 4.33. The summed E-state index contributed by atoms with van der Waals surface area (Å²) in [7, 11) is 0. The third-order valence-corrected chi connectivity index (χ3v) is 3.68. The summed E-state index contributed by atoms with van der Waals surface area (Å²) in [6.07, 6.45) is 8.17. The lowest BCUT2D eigenvalue weighted by molar-refractivity contribution is -0.140. The molecule has 1 aromatic rings. The topological polar surface area (TPSA) is 47.4 Å². The summed E-state index contributed by atoms with van der Waals surface area (Å²) in [6.45, 7) is 6.58. The van der Waals surface area contributed by atoms with Crippen LogP contribution in [0.25, 0.3) is 0 Å². The van der Waals surface area contributed by atoms with Crippen LogP contribution in [0.3, 0.4) is 0 Å². The Labute approximate surface area is 120 Å². The highest BCUT2D eigenvalue weighted by Crippen LogP contribution is 2.19. The van der Waals surface area contributed by atoms with Gasteiger partial charge in [-0.25, -0.2) is 0 Å². The zero-order chi connectivity index (χ0) is 14.4. The number of hydrogen-bond acceptors (Lipinski definition) is 3. The van der Waals surface area contributed by atoms with Crippen LogP contribution in [0.15, 0.2) is 12.4 Å². The first kappa shape index (κ1) is 15.0. The molecule has 0 bridgehead atoms. The number of hydrogen-bond donors (Lipinski definition) is 0. The summed E-state index contributed by atoms with van der Waals surface area (Å²) in [5.74, 6) is 0.118. The standard InChI is InChI=1S/C15H25N3O2/c1-3-8-20-12-15(19)18-7-5-4-6-14(18)11-17-10-13(2)9-16-17/h9-10,14H,3-8,11-12H2,1-2H3/t14-/m1/s1. The van der Waals surface area contributed by atoms with E-state index in [1.807, 2.05) is 35.8 Å². The molecule has 0 N–H and O–H groups in total. The van der Waals surface area contributed by atoms with Crippen molar-refractivity contribution >= 4 is 5.91 Å². The average molecular weight is 279 g/mol. The van der Waals surface area contributed by atoms with Crippen molar-refractivity contribution in [1.82, 2.24) is 14.7 Å². The summed E-state index contributed by atoms with van der Waals surface area (Å²) in [6, 6.07) is 0.251. The molecule has 112 valence electrons. The zero-order valence-electron chi connectivity index (χ0n) is 12.5. The van der Waals surface area contributed by atoms with Crippen molar-refractivity contribution < 1.29 is 9.53 Å². The normalized spacial score (nSPS) is 19.3. The molecule has 5 nitrogen and oxygen atoms in total. The Morgan fingerprint density at radius 3 is 3.05 bits per heavy atom. The molecule has 0 aromatic carbocycles. The number of rotatable bonds is 6. The summed E-state index contributed by atoms with van der Waals surface area (Å²) >= 11 is 0. The van der Waals surface area contributed by atoms with Gasteiger partial charge < -0.3 is 9.64 Å². The lowest BCUT2D eigenvalue weighted by atomic mass is 10.0. The molecule has 0 saturated carbocycles. The van der Waals surface area contributed by atoms with Crippen molar-refractivity contribution in [2.45, 2.75) is 52.1 Å². The zero-order valence-corrected chi connectivity index (χ0v) is 12.5. The first-order chi connectivity index (χ1) is 9.70. The molecule has 2 heterocycles. The van der Waals surface area contributed by atoms with Crippen LogP contribution >= 0.6 is 0 Å². The van der Waals surface area contributed by atoms with Gasteiger partial charge in [0.15, 0.2) is 0 Å². The molecule has 1 aliphatic rings. The molecule has 1 fully saturated rings. The Balaban J connectivity index is 1.92. The van der Waals surface area contributed by atoms with E-state index >= 15 is 0 Å². The Bertz CT molecular complexity index is 431. The molecule has 1 saturated heterocycles. The number of nitrogens with zero attached hydrogens (tertiary/aromatic N) is 3. The minimum absolute atomic E-state index is 0.118. The van der Waals surface area contributed by atoms with Gasteiger partial charge in [0.1, 0.15) is 6.61 Å². The van der Waals surface area contributed by atoms with Crippen LogP contribution in [0.1, 0.15) is 38.2 Å². The number of carbonyl (C=O) groups is 1. The van der Waals surface area contributed by atoms with Crippen molar-refractivity contribution in [2.24, 2.45) is 0 Å². The maximum absolute atomic E-state index is 12.3. The second-order valence-corrected chi connectivity index (χ2v) is 5.53. The average Bonchev–Trinajstić information content (AvgIpc) is 2.85. The van der Waals surface area contributed by atoms with Crippen LogP contribution in [0, 0.1) is 6.92 Å². The molecule has 0 unspecified atom stereocenters. The first-order valence-corrected chi connectivity index (χ1v) is 7.57. The number of aromatic nitrogens is 2. The minimum Gasteiger partial charge on any atom is -0.372 e. The number of likely N-dealkylation sites (tertiary alicyclic amines) is 1. The fourth-order valence-electron chi connectivity index (χ4n) is 2.69. The van der Waals surface area contributed by atoms with E-state index in [1.54, 1.807) is 0 Å². The maximum atomic E-state index is 12.3. The number of amides is 1. The van der Waals surface area contributed by atoms with E-state index in [1.165, 1.54) is 6.42 Å². The predicted octanol–water partition coefficient (Wildman–Crippen LogP) is 2.00. The van der Waals surface area contributed by atoms with Crippen LogP contribution < -0.4 is 0 Å². The SMILES string of the molecule is CCCOCC(=O)N1CCCC[C@@H]1Cn1cc(C)cn1. The van der Waals surface area contributed by atoms with Crippen molar-refractivity contribution in [1.29, 1.82) is 0 Å². The molecule has 0 spiro atoms. The highest BCUT2D eigenvalue weighted by Gasteiger charge is 2.27. The number of aryl methyl sites for hydroxylation is 1. The summed E-state index contributed by atoms with van der Waals surface area (Å²) in [5.41, 5.74) is 1.16. The van der Waals surface area contributed by atoms with Gasteiger partial charge in [-0.05, 0) is 38.2 Å². The Hall–Kier alpha value is -1.36. The number of piperidine rings is 1. The van der Waals surface area contributed by atoms with Gasteiger partial charge in [0.2, 0.25) is 5.91 Å². The quantitative estimate of drug-likeness (QED) is 0.748. The molecule has 0 radical (unpaired) electrons. The molecule has 20 heavy (non-hydrogen) atoms. The molecule has 2 rings (SSSR count). The third-order valence-electron chi connectivity index (χ3n) is 3.68. The summed E-state index contributed by atoms with van der Waals surface area (Å²) in [4.78, 5) is 14.2. The Morgan fingerprint density at radius 1 is 1.50 bits per heavy atom. The highest BCUT2D eigenvalue weighted by atomic mass is 16.5. The van der Waals surface area contributed by atoms with E-state index in [0.29, 0.717) is 6.61 Å². The minimum atomic E-state index is 0.118. The monoisotopic (exact) mass is 279 g/mol. The van der Waals surface area contributed by atoms with Crippen molar-refractivity contribution in [2.75, 3.05) is 19.8 Å². The molecule has 1 aromatic heterocycles. The third kappa shape index (κ3) is 4.07. The largest absolute Gasteiger partial charge is 0.372 e. The Morgan fingerprint density at radius 2 is 2.35 bits per heavy atom. The first-order valence-electron chi connectivity index (χ1n) is 7.57. The predicted molar refractivity (Wildman–Crippen MR) is 77.4 cm³/mol. The maximum Gasteiger partial charge on any atom is 0.248 e. The van der Waals surface area contributed by atoms with E-state index in [-0.39, 0.29) is 18.6 Å². The second-order valence-electron chi connectivity index (χ2n) is 5.53. The molecule has 1 amide bonds. The molecule has 0 aliphatic carbocycles. The molecular weight excluding hydrogens is 254 g/mol. The van der Waals surface area contributed by atoms with Crippen LogP contribution in [0.5, 0.6) is 0 Å². The lowest BCUT2D eigenvalue weighted by Gasteiger charge is -2.35. The fourth-order valence-corrected chi connectivity index (χ4v) is 2.69. The van der Waals surface area contributed by atoms with E-state index in [9.17, 15) is 4.79 Å². The van der Waals surface area contributed by atoms with Crippen LogP contribution in [-0.4, -0.2) is 46.4 Å². The smallest absolute Gasteiger partial charge is 0.248 e. The van der Waals surface area contributed by atoms with Crippen LogP contribution in [-0.2, 0) is 16.1 Å².